The van der Waals surface area contributed by atoms with Crippen LogP contribution < -0.4 is 4.74 Å². The highest BCUT2D eigenvalue weighted by molar-refractivity contribution is 7.09. The molecule has 0 aliphatic carbocycles. The number of aliphatic carboxylic acids is 1. The Morgan fingerprint density at radius 2 is 2.21 bits per heavy atom. The van der Waals surface area contributed by atoms with E-state index >= 15 is 0 Å². The van der Waals surface area contributed by atoms with Gasteiger partial charge in [-0.15, -0.1) is 11.3 Å². The smallest absolute Gasteiger partial charge is 0.311 e. The summed E-state index contributed by atoms with van der Waals surface area (Å²) in [7, 11) is 0. The number of nitrogens with zero attached hydrogens (tertiary/aromatic N) is 2. The molecule has 0 bridgehead atoms. The zero-order valence-electron chi connectivity index (χ0n) is 18.8. The fraction of sp³-hybridized carbons (Fsp3) is 0.478. The third-order valence-corrected chi connectivity index (χ3v) is 6.11. The number of aromatic nitrogens is 1. The van der Waals surface area contributed by atoms with Gasteiger partial charge in [-0.3, -0.25) is 19.9 Å². The first-order valence-electron chi connectivity index (χ1n) is 10.6. The first-order chi connectivity index (χ1) is 15.7. The van der Waals surface area contributed by atoms with Crippen LogP contribution in [-0.2, 0) is 14.3 Å². The lowest BCUT2D eigenvalue weighted by Crippen LogP contribution is -2.50. The molecule has 178 valence electrons. The molecular weight excluding hydrogens is 448 g/mol. The van der Waals surface area contributed by atoms with E-state index in [9.17, 15) is 14.9 Å². The normalized spacial score (nSPS) is 21.2. The summed E-state index contributed by atoms with van der Waals surface area (Å²) >= 11 is 1.48. The van der Waals surface area contributed by atoms with Crippen molar-refractivity contribution in [3.63, 3.8) is 0 Å². The first kappa shape index (κ1) is 24.8. The SMILES string of the molecule is Cc1ccc(OC(C)(C)[C@H]2OC[C@@H](C/C=C\CCC(=O)O)[C@@H](c3cncs3)O2)c([N+](=O)[O-])c1. The molecule has 1 fully saturated rings. The molecule has 33 heavy (non-hydrogen) atoms. The number of rotatable bonds is 10. The van der Waals surface area contributed by atoms with Crippen molar-refractivity contribution in [1.29, 1.82) is 0 Å². The van der Waals surface area contributed by atoms with Gasteiger partial charge < -0.3 is 19.3 Å². The average Bonchev–Trinajstić information content (AvgIpc) is 3.29. The Balaban J connectivity index is 1.73. The minimum absolute atomic E-state index is 0.00675. The average molecular weight is 477 g/mol. The van der Waals surface area contributed by atoms with Crippen LogP contribution in [0.15, 0.2) is 42.1 Å². The van der Waals surface area contributed by atoms with E-state index in [0.29, 0.717) is 19.4 Å². The maximum atomic E-state index is 11.5. The molecule has 2 aromatic rings. The summed E-state index contributed by atoms with van der Waals surface area (Å²) in [6.07, 6.45) is 5.71. The van der Waals surface area contributed by atoms with E-state index in [2.05, 4.69) is 4.98 Å². The number of carboxylic acids is 1. The van der Waals surface area contributed by atoms with Crippen molar-refractivity contribution < 1.29 is 29.0 Å². The van der Waals surface area contributed by atoms with Gasteiger partial charge in [-0.05, 0) is 45.2 Å². The zero-order valence-corrected chi connectivity index (χ0v) is 19.6. The number of hydrogen-bond donors (Lipinski definition) is 1. The monoisotopic (exact) mass is 476 g/mol. The number of aryl methyl sites for hydroxylation is 1. The van der Waals surface area contributed by atoms with Crippen LogP contribution >= 0.6 is 11.3 Å². The summed E-state index contributed by atoms with van der Waals surface area (Å²) in [6, 6.07) is 4.82. The topological polar surface area (TPSA) is 121 Å². The second-order valence-electron chi connectivity index (χ2n) is 8.46. The molecule has 1 aromatic carbocycles. The van der Waals surface area contributed by atoms with E-state index in [1.807, 2.05) is 12.2 Å². The van der Waals surface area contributed by atoms with E-state index in [1.165, 1.54) is 17.4 Å². The summed E-state index contributed by atoms with van der Waals surface area (Å²) in [5.74, 6) is -0.668. The van der Waals surface area contributed by atoms with Gasteiger partial charge in [0, 0.05) is 24.6 Å². The predicted octanol–water partition coefficient (Wildman–Crippen LogP) is 5.06. The van der Waals surface area contributed by atoms with Gasteiger partial charge >= 0.3 is 11.7 Å². The zero-order chi connectivity index (χ0) is 24.0. The summed E-state index contributed by atoms with van der Waals surface area (Å²) in [6.45, 7) is 5.72. The second-order valence-corrected chi connectivity index (χ2v) is 9.38. The first-order valence-corrected chi connectivity index (χ1v) is 11.5. The summed E-state index contributed by atoms with van der Waals surface area (Å²) in [5.41, 5.74) is 1.38. The molecule has 0 unspecified atom stereocenters. The molecule has 1 N–H and O–H groups in total. The number of carbonyl (C=O) groups is 1. The van der Waals surface area contributed by atoms with Crippen LogP contribution in [0.4, 0.5) is 5.69 Å². The highest BCUT2D eigenvalue weighted by Crippen LogP contribution is 2.41. The molecule has 0 radical (unpaired) electrons. The molecule has 1 aliphatic heterocycles. The van der Waals surface area contributed by atoms with Crippen LogP contribution in [0.5, 0.6) is 5.75 Å². The Kier molecular flexibility index (Phi) is 8.17. The molecular formula is C23H28N2O7S. The minimum atomic E-state index is -1.01. The Hall–Kier alpha value is -2.82. The van der Waals surface area contributed by atoms with Crippen molar-refractivity contribution in [3.05, 3.63) is 62.6 Å². The molecule has 10 heteroatoms. The van der Waals surface area contributed by atoms with Crippen LogP contribution in [0, 0.1) is 23.0 Å². The number of nitro groups is 1. The molecule has 9 nitrogen and oxygen atoms in total. The van der Waals surface area contributed by atoms with Gasteiger partial charge in [0.05, 0.1) is 21.9 Å². The van der Waals surface area contributed by atoms with Gasteiger partial charge in [0.1, 0.15) is 6.10 Å². The summed E-state index contributed by atoms with van der Waals surface area (Å²) in [5, 5.41) is 20.3. The van der Waals surface area contributed by atoms with Crippen molar-refractivity contribution >= 4 is 23.0 Å². The van der Waals surface area contributed by atoms with Gasteiger partial charge in [0.15, 0.2) is 17.6 Å². The van der Waals surface area contributed by atoms with Crippen molar-refractivity contribution in [3.8, 4) is 5.75 Å². The summed E-state index contributed by atoms with van der Waals surface area (Å²) < 4.78 is 18.4. The van der Waals surface area contributed by atoms with E-state index < -0.39 is 22.8 Å². The number of benzene rings is 1. The molecule has 1 aliphatic rings. The predicted molar refractivity (Wildman–Crippen MR) is 122 cm³/mol. The minimum Gasteiger partial charge on any atom is -0.481 e. The van der Waals surface area contributed by atoms with Crippen molar-refractivity contribution in [2.75, 3.05) is 6.61 Å². The lowest BCUT2D eigenvalue weighted by atomic mass is 9.95. The molecule has 0 spiro atoms. The largest absolute Gasteiger partial charge is 0.481 e. The van der Waals surface area contributed by atoms with E-state index in [-0.39, 0.29) is 29.9 Å². The molecule has 1 aromatic heterocycles. The van der Waals surface area contributed by atoms with Crippen molar-refractivity contribution in [1.82, 2.24) is 4.98 Å². The second kappa shape index (κ2) is 10.9. The van der Waals surface area contributed by atoms with Gasteiger partial charge in [0.2, 0.25) is 0 Å². The molecule has 2 heterocycles. The highest BCUT2D eigenvalue weighted by Gasteiger charge is 2.43. The number of hydrogen-bond acceptors (Lipinski definition) is 8. The molecule has 3 atom stereocenters. The maximum absolute atomic E-state index is 11.5. The third-order valence-electron chi connectivity index (χ3n) is 5.27. The molecule has 0 saturated carbocycles. The maximum Gasteiger partial charge on any atom is 0.311 e. The molecule has 0 amide bonds. The van der Waals surface area contributed by atoms with E-state index in [1.54, 1.807) is 44.6 Å². The Morgan fingerprint density at radius 1 is 1.42 bits per heavy atom. The molecule has 3 rings (SSSR count). The van der Waals surface area contributed by atoms with E-state index in [0.717, 1.165) is 10.4 Å². The van der Waals surface area contributed by atoms with Gasteiger partial charge in [0.25, 0.3) is 0 Å². The number of allylic oxidation sites excluding steroid dienone is 2. The standard InChI is InChI=1S/C23H28N2O7S/c1-15-9-10-18(17(11-15)25(28)29)32-23(2,3)22-30-13-16(7-5-4-6-8-20(26)27)21(31-22)19-12-24-14-33-19/h4-5,9-12,14,16,21-22H,6-8,13H2,1-3H3,(H,26,27)/b5-4-/t16-,21+,22+/m1/s1. The van der Waals surface area contributed by atoms with Crippen LogP contribution in [-0.4, -0.2) is 39.5 Å². The fourth-order valence-electron chi connectivity index (χ4n) is 3.59. The third kappa shape index (κ3) is 6.59. The van der Waals surface area contributed by atoms with Crippen LogP contribution in [0.3, 0.4) is 0 Å². The van der Waals surface area contributed by atoms with Gasteiger partial charge in [-0.1, -0.05) is 18.2 Å². The van der Waals surface area contributed by atoms with Gasteiger partial charge in [-0.2, -0.15) is 0 Å². The fourth-order valence-corrected chi connectivity index (χ4v) is 4.33. The lowest BCUT2D eigenvalue weighted by molar-refractivity contribution is -0.386. The highest BCUT2D eigenvalue weighted by atomic mass is 32.1. The number of carboxylic acid groups (broad SMARTS) is 1. The van der Waals surface area contributed by atoms with Crippen molar-refractivity contribution in [2.45, 2.75) is 58.0 Å². The molecule has 1 saturated heterocycles. The van der Waals surface area contributed by atoms with Crippen LogP contribution in [0.1, 0.15) is 49.7 Å². The van der Waals surface area contributed by atoms with Crippen LogP contribution in [0.25, 0.3) is 0 Å². The Morgan fingerprint density at radius 3 is 2.88 bits per heavy atom. The number of ether oxygens (including phenoxy) is 3. The quantitative estimate of drug-likeness (QED) is 0.287. The van der Waals surface area contributed by atoms with Crippen molar-refractivity contribution in [2.24, 2.45) is 5.92 Å². The number of nitro benzene ring substituents is 1. The number of thiazole rings is 1. The lowest BCUT2D eigenvalue weighted by Gasteiger charge is -2.42. The summed E-state index contributed by atoms with van der Waals surface area (Å²) in [4.78, 5) is 26.8. The van der Waals surface area contributed by atoms with Gasteiger partial charge in [-0.25, -0.2) is 0 Å². The Bertz CT molecular complexity index is 991. The van der Waals surface area contributed by atoms with E-state index in [4.69, 9.17) is 19.3 Å². The van der Waals surface area contributed by atoms with Crippen LogP contribution in [0.2, 0.25) is 0 Å². The Labute approximate surface area is 196 Å².